The molecule has 0 aliphatic heterocycles. The molecular weight excluding hydrogens is 380 g/mol. The number of carboxylic acid groups (broad SMARTS) is 1. The molecule has 0 heterocycles. The summed E-state index contributed by atoms with van der Waals surface area (Å²) in [7, 11) is 0. The molecule has 0 aliphatic rings. The van der Waals surface area contributed by atoms with Gasteiger partial charge in [-0.05, 0) is 39.7 Å². The molecule has 29 heavy (non-hydrogen) atoms. The van der Waals surface area contributed by atoms with Crippen molar-refractivity contribution < 1.29 is 33.7 Å². The smallest absolute Gasteiger partial charge is 0.408 e. The van der Waals surface area contributed by atoms with Crippen molar-refractivity contribution in [3.05, 3.63) is 35.9 Å². The Balaban J connectivity index is 2.26. The third-order valence-electron chi connectivity index (χ3n) is 3.59. The van der Waals surface area contributed by atoms with Crippen molar-refractivity contribution in [1.82, 2.24) is 10.6 Å². The molecular formula is C20H30N2O7. The van der Waals surface area contributed by atoms with Gasteiger partial charge in [0.15, 0.2) is 6.04 Å². The molecule has 0 unspecified atom stereocenters. The first-order chi connectivity index (χ1) is 13.6. The number of rotatable bonds is 10. The normalized spacial score (nSPS) is 13.1. The molecule has 3 N–H and O–H groups in total. The van der Waals surface area contributed by atoms with E-state index in [-0.39, 0.29) is 13.2 Å². The number of ether oxygens (including phenoxy) is 3. The first-order valence-corrected chi connectivity index (χ1v) is 9.37. The fourth-order valence-electron chi connectivity index (χ4n) is 2.22. The van der Waals surface area contributed by atoms with Crippen molar-refractivity contribution in [2.75, 3.05) is 13.2 Å². The lowest BCUT2D eigenvalue weighted by Crippen LogP contribution is -2.50. The van der Waals surface area contributed by atoms with Gasteiger partial charge in [0.25, 0.3) is 0 Å². The van der Waals surface area contributed by atoms with Gasteiger partial charge in [-0.1, -0.05) is 30.3 Å². The minimum absolute atomic E-state index is 0.177. The maximum Gasteiger partial charge on any atom is 0.408 e. The van der Waals surface area contributed by atoms with E-state index in [2.05, 4.69) is 10.6 Å². The van der Waals surface area contributed by atoms with Crippen molar-refractivity contribution in [1.29, 1.82) is 0 Å². The van der Waals surface area contributed by atoms with Crippen LogP contribution in [0.15, 0.2) is 30.3 Å². The highest BCUT2D eigenvalue weighted by Crippen LogP contribution is 2.08. The van der Waals surface area contributed by atoms with Gasteiger partial charge in [-0.15, -0.1) is 0 Å². The summed E-state index contributed by atoms with van der Waals surface area (Å²) in [4.78, 5) is 34.8. The Morgan fingerprint density at radius 3 is 2.34 bits per heavy atom. The molecule has 162 valence electrons. The van der Waals surface area contributed by atoms with Gasteiger partial charge in [0.05, 0.1) is 6.10 Å². The second-order valence-corrected chi connectivity index (χ2v) is 7.38. The lowest BCUT2D eigenvalue weighted by atomic mass is 10.2. The Morgan fingerprint density at radius 2 is 1.76 bits per heavy atom. The number of hydrogen-bond acceptors (Lipinski definition) is 6. The summed E-state index contributed by atoms with van der Waals surface area (Å²) < 4.78 is 15.6. The zero-order valence-corrected chi connectivity index (χ0v) is 17.3. The van der Waals surface area contributed by atoms with Gasteiger partial charge < -0.3 is 30.0 Å². The van der Waals surface area contributed by atoms with Crippen molar-refractivity contribution in [2.24, 2.45) is 0 Å². The van der Waals surface area contributed by atoms with E-state index < -0.39 is 35.9 Å². The number of nitrogens with one attached hydrogen (secondary N) is 2. The van der Waals surface area contributed by atoms with Crippen LogP contribution in [-0.2, 0) is 25.6 Å². The number of benzene rings is 1. The molecule has 0 aromatic heterocycles. The molecule has 0 saturated carbocycles. The first-order valence-electron chi connectivity index (χ1n) is 9.37. The van der Waals surface area contributed by atoms with Crippen LogP contribution in [0.4, 0.5) is 9.59 Å². The van der Waals surface area contributed by atoms with E-state index in [1.165, 1.54) is 6.92 Å². The van der Waals surface area contributed by atoms with E-state index >= 15 is 0 Å². The highest BCUT2D eigenvalue weighted by atomic mass is 16.6. The number of amides is 2. The van der Waals surface area contributed by atoms with Crippen molar-refractivity contribution >= 4 is 18.2 Å². The minimum Gasteiger partial charge on any atom is -0.480 e. The van der Waals surface area contributed by atoms with Crippen molar-refractivity contribution in [3.8, 4) is 0 Å². The van der Waals surface area contributed by atoms with E-state index in [1.54, 1.807) is 20.8 Å². The number of aliphatic carboxylic acids is 1. The minimum atomic E-state index is -1.26. The van der Waals surface area contributed by atoms with Gasteiger partial charge in [0.1, 0.15) is 12.2 Å². The number of hydrogen-bond donors (Lipinski definition) is 3. The maximum atomic E-state index is 11.8. The Labute approximate surface area is 170 Å². The van der Waals surface area contributed by atoms with E-state index in [0.717, 1.165) is 5.56 Å². The quantitative estimate of drug-likeness (QED) is 0.507. The van der Waals surface area contributed by atoms with Gasteiger partial charge in [0.2, 0.25) is 0 Å². The molecule has 9 nitrogen and oxygen atoms in total. The average Bonchev–Trinajstić information content (AvgIpc) is 2.63. The SMILES string of the molecule is C[C@H](OCCCNC(=O)OCc1ccccc1)[C@H](NC(=O)OC(C)(C)C)C(=O)O. The second kappa shape index (κ2) is 11.9. The fraction of sp³-hybridized carbons (Fsp3) is 0.550. The number of alkyl carbamates (subject to hydrolysis) is 2. The third-order valence-corrected chi connectivity index (χ3v) is 3.59. The van der Waals surface area contributed by atoms with Crippen LogP contribution in [0.25, 0.3) is 0 Å². The standard InChI is InChI=1S/C20H30N2O7/c1-14(16(17(23)24)22-19(26)29-20(2,3)4)27-12-8-11-21-18(25)28-13-15-9-6-5-7-10-15/h5-7,9-10,14,16H,8,11-13H2,1-4H3,(H,21,25)(H,22,26)(H,23,24)/t14-,16-/m0/s1. The Bertz CT molecular complexity index is 659. The first kappa shape index (κ1) is 24.2. The summed E-state index contributed by atoms with van der Waals surface area (Å²) in [5.41, 5.74) is 0.148. The van der Waals surface area contributed by atoms with Crippen molar-refractivity contribution in [3.63, 3.8) is 0 Å². The summed E-state index contributed by atoms with van der Waals surface area (Å²) in [5.74, 6) is -1.23. The fourth-order valence-corrected chi connectivity index (χ4v) is 2.22. The van der Waals surface area contributed by atoms with E-state index in [1.807, 2.05) is 30.3 Å². The molecule has 2 amide bonds. The number of carboxylic acids is 1. The summed E-state index contributed by atoms with van der Waals surface area (Å²) in [6, 6.07) is 8.05. The highest BCUT2D eigenvalue weighted by Gasteiger charge is 2.29. The lowest BCUT2D eigenvalue weighted by Gasteiger charge is -2.25. The summed E-state index contributed by atoms with van der Waals surface area (Å²) in [6.07, 6.45) is -1.71. The van der Waals surface area contributed by atoms with Gasteiger partial charge >= 0.3 is 18.2 Å². The van der Waals surface area contributed by atoms with Gasteiger partial charge in [-0.2, -0.15) is 0 Å². The lowest BCUT2D eigenvalue weighted by molar-refractivity contribution is -0.143. The van der Waals surface area contributed by atoms with Crippen LogP contribution in [0.5, 0.6) is 0 Å². The molecule has 0 bridgehead atoms. The third kappa shape index (κ3) is 10.9. The molecule has 1 aromatic carbocycles. The number of carbonyl (C=O) groups is 3. The van der Waals surface area contributed by atoms with Crippen LogP contribution >= 0.6 is 0 Å². The Morgan fingerprint density at radius 1 is 1.10 bits per heavy atom. The van der Waals surface area contributed by atoms with E-state index in [0.29, 0.717) is 13.0 Å². The highest BCUT2D eigenvalue weighted by molar-refractivity contribution is 5.80. The van der Waals surface area contributed by atoms with Gasteiger partial charge in [-0.3, -0.25) is 0 Å². The molecule has 1 aromatic rings. The zero-order valence-electron chi connectivity index (χ0n) is 17.3. The molecule has 1 rings (SSSR count). The molecule has 0 fully saturated rings. The molecule has 0 saturated heterocycles. The largest absolute Gasteiger partial charge is 0.480 e. The predicted octanol–water partition coefficient (Wildman–Crippen LogP) is 2.69. The van der Waals surface area contributed by atoms with Crippen molar-refractivity contribution in [2.45, 2.75) is 58.5 Å². The van der Waals surface area contributed by atoms with E-state index in [4.69, 9.17) is 14.2 Å². The maximum absolute atomic E-state index is 11.8. The molecule has 0 aliphatic carbocycles. The van der Waals surface area contributed by atoms with Crippen LogP contribution in [0.2, 0.25) is 0 Å². The second-order valence-electron chi connectivity index (χ2n) is 7.38. The zero-order chi connectivity index (χ0) is 21.9. The van der Waals surface area contributed by atoms with Crippen LogP contribution in [0.1, 0.15) is 39.7 Å². The number of carbonyl (C=O) groups excluding carboxylic acids is 2. The Hall–Kier alpha value is -2.81. The summed E-state index contributed by atoms with van der Waals surface area (Å²) >= 11 is 0. The monoisotopic (exact) mass is 410 g/mol. The average molecular weight is 410 g/mol. The molecule has 0 spiro atoms. The van der Waals surface area contributed by atoms with Gasteiger partial charge in [-0.25, -0.2) is 14.4 Å². The van der Waals surface area contributed by atoms with Gasteiger partial charge in [0, 0.05) is 13.2 Å². The Kier molecular flexibility index (Phi) is 9.94. The van der Waals surface area contributed by atoms with Crippen LogP contribution in [0, 0.1) is 0 Å². The molecule has 2 atom stereocenters. The molecule has 0 radical (unpaired) electrons. The van der Waals surface area contributed by atoms with Crippen LogP contribution in [0.3, 0.4) is 0 Å². The van der Waals surface area contributed by atoms with E-state index in [9.17, 15) is 19.5 Å². The predicted molar refractivity (Wildman–Crippen MR) is 105 cm³/mol. The van der Waals surface area contributed by atoms with Crippen LogP contribution in [-0.4, -0.2) is 54.2 Å². The summed E-state index contributed by atoms with van der Waals surface area (Å²) in [6.45, 7) is 7.26. The summed E-state index contributed by atoms with van der Waals surface area (Å²) in [5, 5.41) is 14.2. The molecule has 9 heteroatoms. The topological polar surface area (TPSA) is 123 Å². The van der Waals surface area contributed by atoms with Crippen LogP contribution < -0.4 is 10.6 Å².